The van der Waals surface area contributed by atoms with E-state index in [4.69, 9.17) is 10.7 Å². The van der Waals surface area contributed by atoms with Gasteiger partial charge in [-0.25, -0.2) is 4.98 Å². The Labute approximate surface area is 165 Å². The van der Waals surface area contributed by atoms with Gasteiger partial charge >= 0.3 is 0 Å². The first-order valence-electron chi connectivity index (χ1n) is 9.90. The van der Waals surface area contributed by atoms with Crippen LogP contribution in [0.5, 0.6) is 0 Å². The number of aromatic nitrogens is 5. The number of piperazine rings is 1. The Balaban J connectivity index is 1.71. The fraction of sp³-hybridized carbons (Fsp3) is 0.550. The van der Waals surface area contributed by atoms with Crippen LogP contribution in [0.3, 0.4) is 0 Å². The molecule has 150 valence electrons. The molecule has 1 saturated heterocycles. The summed E-state index contributed by atoms with van der Waals surface area (Å²) in [5, 5.41) is 12.2. The molecule has 3 N–H and O–H groups in total. The number of fused-ring (bicyclic) bond motifs is 1. The number of hydrogen-bond donors (Lipinski definition) is 2. The van der Waals surface area contributed by atoms with Crippen LogP contribution in [0.15, 0.2) is 24.7 Å². The van der Waals surface area contributed by atoms with Crippen molar-refractivity contribution < 1.29 is 0 Å². The summed E-state index contributed by atoms with van der Waals surface area (Å²) in [6.07, 6.45) is 6.77. The number of nitrogens with one attached hydrogen (secondary N) is 1. The lowest BCUT2D eigenvalue weighted by atomic mass is 9.91. The molecule has 1 unspecified atom stereocenters. The number of hydrogen-bond acceptors (Lipinski definition) is 6. The van der Waals surface area contributed by atoms with Crippen molar-refractivity contribution in [2.24, 2.45) is 12.5 Å². The predicted octanol–water partition coefficient (Wildman–Crippen LogP) is 2.09. The minimum absolute atomic E-state index is 0.208. The molecule has 0 spiro atoms. The fourth-order valence-corrected chi connectivity index (χ4v) is 3.73. The van der Waals surface area contributed by atoms with Crippen LogP contribution >= 0.6 is 0 Å². The molecule has 4 rings (SSSR count). The van der Waals surface area contributed by atoms with Gasteiger partial charge in [-0.2, -0.15) is 14.7 Å². The third kappa shape index (κ3) is 3.74. The van der Waals surface area contributed by atoms with Crippen LogP contribution in [0.4, 0.5) is 5.82 Å². The molecular formula is C20H30N8. The van der Waals surface area contributed by atoms with Crippen molar-refractivity contribution in [3.8, 4) is 11.1 Å². The summed E-state index contributed by atoms with van der Waals surface area (Å²) in [5.41, 5.74) is 10.4. The number of rotatable bonds is 4. The SMILES string of the molecule is Cn1cc(-c2cnn3c(N)cc(C4CNCCN4CCC(C)(C)C)nc23)cn1. The van der Waals surface area contributed by atoms with E-state index in [2.05, 4.69) is 41.2 Å². The number of nitrogens with two attached hydrogens (primary N) is 1. The summed E-state index contributed by atoms with van der Waals surface area (Å²) in [4.78, 5) is 7.53. The topological polar surface area (TPSA) is 89.3 Å². The quantitative estimate of drug-likeness (QED) is 0.718. The average Bonchev–Trinajstić information content (AvgIpc) is 3.25. The van der Waals surface area contributed by atoms with Crippen molar-refractivity contribution in [2.75, 3.05) is 31.9 Å². The van der Waals surface area contributed by atoms with Crippen molar-refractivity contribution in [3.63, 3.8) is 0 Å². The Hall–Kier alpha value is -2.45. The lowest BCUT2D eigenvalue weighted by Crippen LogP contribution is -2.47. The highest BCUT2D eigenvalue weighted by Crippen LogP contribution is 2.29. The van der Waals surface area contributed by atoms with Crippen LogP contribution in [0.25, 0.3) is 16.8 Å². The van der Waals surface area contributed by atoms with E-state index >= 15 is 0 Å². The standard InChI is InChI=1S/C20H30N8/c1-20(2,3)5-7-27-8-6-22-12-17(27)16-9-18(21)28-19(25-16)15(11-24-28)14-10-23-26(4)13-14/h9-11,13,17,22H,5-8,12,21H2,1-4H3. The van der Waals surface area contributed by atoms with Crippen molar-refractivity contribution in [1.29, 1.82) is 0 Å². The van der Waals surface area contributed by atoms with Gasteiger partial charge in [0, 0.05) is 50.1 Å². The van der Waals surface area contributed by atoms with Gasteiger partial charge in [-0.05, 0) is 18.4 Å². The van der Waals surface area contributed by atoms with Crippen LogP contribution in [-0.2, 0) is 7.05 Å². The molecule has 1 aliphatic rings. The summed E-state index contributed by atoms with van der Waals surface area (Å²) >= 11 is 0. The van der Waals surface area contributed by atoms with E-state index < -0.39 is 0 Å². The molecule has 4 heterocycles. The maximum Gasteiger partial charge on any atom is 0.165 e. The highest BCUT2D eigenvalue weighted by molar-refractivity contribution is 5.77. The van der Waals surface area contributed by atoms with E-state index in [-0.39, 0.29) is 6.04 Å². The Morgan fingerprint density at radius 2 is 2.07 bits per heavy atom. The summed E-state index contributed by atoms with van der Waals surface area (Å²) in [5.74, 6) is 0.608. The molecule has 0 amide bonds. The molecule has 3 aromatic heterocycles. The fourth-order valence-electron chi connectivity index (χ4n) is 3.73. The minimum Gasteiger partial charge on any atom is -0.384 e. The highest BCUT2D eigenvalue weighted by atomic mass is 15.3. The van der Waals surface area contributed by atoms with Crippen LogP contribution < -0.4 is 11.1 Å². The van der Waals surface area contributed by atoms with Gasteiger partial charge < -0.3 is 11.1 Å². The molecule has 1 atom stereocenters. The van der Waals surface area contributed by atoms with Gasteiger partial charge in [0.1, 0.15) is 5.82 Å². The smallest absolute Gasteiger partial charge is 0.165 e. The van der Waals surface area contributed by atoms with E-state index in [0.29, 0.717) is 11.2 Å². The van der Waals surface area contributed by atoms with E-state index in [1.807, 2.05) is 31.7 Å². The second kappa shape index (κ2) is 7.18. The molecule has 0 radical (unpaired) electrons. The van der Waals surface area contributed by atoms with Crippen molar-refractivity contribution in [2.45, 2.75) is 33.2 Å². The van der Waals surface area contributed by atoms with Gasteiger partial charge in [-0.15, -0.1) is 0 Å². The van der Waals surface area contributed by atoms with Crippen LogP contribution in [0.1, 0.15) is 38.9 Å². The molecule has 0 bridgehead atoms. The van der Waals surface area contributed by atoms with Crippen molar-refractivity contribution in [3.05, 3.63) is 30.4 Å². The average molecular weight is 383 g/mol. The molecule has 1 aliphatic heterocycles. The monoisotopic (exact) mass is 382 g/mol. The lowest BCUT2D eigenvalue weighted by molar-refractivity contribution is 0.139. The molecule has 8 heteroatoms. The lowest BCUT2D eigenvalue weighted by Gasteiger charge is -2.37. The first-order valence-corrected chi connectivity index (χ1v) is 9.90. The Morgan fingerprint density at radius 3 is 2.79 bits per heavy atom. The van der Waals surface area contributed by atoms with E-state index in [1.165, 1.54) is 0 Å². The molecule has 1 fully saturated rings. The molecule has 8 nitrogen and oxygen atoms in total. The molecule has 0 aliphatic carbocycles. The van der Waals surface area contributed by atoms with E-state index in [0.717, 1.165) is 55.1 Å². The van der Waals surface area contributed by atoms with Gasteiger partial charge in [0.25, 0.3) is 0 Å². The summed E-state index contributed by atoms with van der Waals surface area (Å²) in [7, 11) is 1.91. The summed E-state index contributed by atoms with van der Waals surface area (Å²) in [6.45, 7) is 10.8. The van der Waals surface area contributed by atoms with Crippen molar-refractivity contribution in [1.82, 2.24) is 34.6 Å². The third-order valence-electron chi connectivity index (χ3n) is 5.38. The number of nitrogen functional groups attached to an aromatic ring is 1. The second-order valence-electron chi connectivity index (χ2n) is 8.87. The molecule has 0 saturated carbocycles. The van der Waals surface area contributed by atoms with Crippen LogP contribution in [0, 0.1) is 5.41 Å². The Kier molecular flexibility index (Phi) is 4.84. The van der Waals surface area contributed by atoms with Crippen LogP contribution in [0.2, 0.25) is 0 Å². The van der Waals surface area contributed by atoms with E-state index in [1.54, 1.807) is 9.20 Å². The Morgan fingerprint density at radius 1 is 1.25 bits per heavy atom. The van der Waals surface area contributed by atoms with Crippen LogP contribution in [-0.4, -0.2) is 55.5 Å². The molecule has 3 aromatic rings. The summed E-state index contributed by atoms with van der Waals surface area (Å²) < 4.78 is 3.49. The first kappa shape index (κ1) is 18.9. The first-order chi connectivity index (χ1) is 13.3. The second-order valence-corrected chi connectivity index (χ2v) is 8.87. The largest absolute Gasteiger partial charge is 0.384 e. The minimum atomic E-state index is 0.208. The van der Waals surface area contributed by atoms with E-state index in [9.17, 15) is 0 Å². The molecule has 28 heavy (non-hydrogen) atoms. The zero-order valence-corrected chi connectivity index (χ0v) is 17.2. The number of anilines is 1. The Bertz CT molecular complexity index is 964. The maximum atomic E-state index is 6.35. The van der Waals surface area contributed by atoms with Gasteiger partial charge in [0.2, 0.25) is 0 Å². The number of nitrogens with zero attached hydrogens (tertiary/aromatic N) is 6. The van der Waals surface area contributed by atoms with Gasteiger partial charge in [-0.1, -0.05) is 20.8 Å². The zero-order valence-electron chi connectivity index (χ0n) is 17.2. The maximum absolute atomic E-state index is 6.35. The predicted molar refractivity (Wildman–Crippen MR) is 111 cm³/mol. The zero-order chi connectivity index (χ0) is 19.9. The van der Waals surface area contributed by atoms with Gasteiger partial charge in [0.15, 0.2) is 5.65 Å². The van der Waals surface area contributed by atoms with Gasteiger partial charge in [-0.3, -0.25) is 9.58 Å². The normalized spacial score (nSPS) is 18.8. The summed E-state index contributed by atoms with van der Waals surface area (Å²) in [6, 6.07) is 2.18. The number of aryl methyl sites for hydroxylation is 1. The van der Waals surface area contributed by atoms with Gasteiger partial charge in [0.05, 0.1) is 24.1 Å². The molecular weight excluding hydrogens is 352 g/mol. The highest BCUT2D eigenvalue weighted by Gasteiger charge is 2.27. The third-order valence-corrected chi connectivity index (χ3v) is 5.38. The van der Waals surface area contributed by atoms with Crippen molar-refractivity contribution >= 4 is 11.5 Å². The molecule has 0 aromatic carbocycles.